The van der Waals surface area contributed by atoms with Gasteiger partial charge in [-0.25, -0.2) is 0 Å². The van der Waals surface area contributed by atoms with E-state index in [0.29, 0.717) is 16.5 Å². The molecule has 0 radical (unpaired) electrons. The Morgan fingerprint density at radius 3 is 2.85 bits per heavy atom. The summed E-state index contributed by atoms with van der Waals surface area (Å²) in [6.07, 6.45) is 5.91. The molecule has 34 heavy (non-hydrogen) atoms. The molecule has 1 atom stereocenters. The second-order valence-corrected chi connectivity index (χ2v) is 11.8. The van der Waals surface area contributed by atoms with Crippen molar-refractivity contribution in [1.29, 1.82) is 0 Å². The molecule has 182 valence electrons. The van der Waals surface area contributed by atoms with Crippen molar-refractivity contribution in [3.05, 3.63) is 32.3 Å². The Kier molecular flexibility index (Phi) is 8.10. The number of fused-ring (bicyclic) bond motifs is 1. The minimum Gasteiger partial charge on any atom is -0.365 e. The van der Waals surface area contributed by atoms with Crippen molar-refractivity contribution in [1.82, 2.24) is 14.8 Å². The van der Waals surface area contributed by atoms with Crippen molar-refractivity contribution in [3.8, 4) is 11.4 Å². The Labute approximate surface area is 212 Å². The number of nitrogens with two attached hydrogens (primary N) is 1. The molecule has 2 amide bonds. The molecule has 4 rings (SSSR count). The molecule has 3 aromatic rings. The number of hydrogen-bond acceptors (Lipinski definition) is 7. The van der Waals surface area contributed by atoms with Gasteiger partial charge in [-0.1, -0.05) is 39.0 Å². The Morgan fingerprint density at radius 2 is 2.12 bits per heavy atom. The van der Waals surface area contributed by atoms with Crippen LogP contribution in [0.5, 0.6) is 0 Å². The molecule has 0 aromatic carbocycles. The monoisotopic (exact) mass is 517 g/mol. The van der Waals surface area contributed by atoms with E-state index in [0.717, 1.165) is 67.2 Å². The molecule has 3 N–H and O–H groups in total. The first-order valence-electron chi connectivity index (χ1n) is 11.8. The number of thiophene rings is 2. The van der Waals surface area contributed by atoms with Crippen molar-refractivity contribution in [3.63, 3.8) is 0 Å². The zero-order chi connectivity index (χ0) is 24.2. The summed E-state index contributed by atoms with van der Waals surface area (Å²) in [5, 5.41) is 15.2. The first-order valence-corrected chi connectivity index (χ1v) is 14.5. The highest BCUT2D eigenvalue weighted by Gasteiger charge is 2.27. The number of nitrogens with zero attached hydrogens (tertiary/aromatic N) is 3. The lowest BCUT2D eigenvalue weighted by Crippen LogP contribution is -2.20. The predicted molar refractivity (Wildman–Crippen MR) is 141 cm³/mol. The molecule has 0 fully saturated rings. The Hall–Kier alpha value is -2.17. The lowest BCUT2D eigenvalue weighted by atomic mass is 9.88. The average Bonchev–Trinajstić information content (AvgIpc) is 3.49. The van der Waals surface area contributed by atoms with Gasteiger partial charge in [0.05, 0.1) is 11.3 Å². The second-order valence-electron chi connectivity index (χ2n) is 8.77. The second kappa shape index (κ2) is 11.0. The number of carbonyl (C=O) groups is 2. The Bertz CT molecular complexity index is 1180. The normalized spacial score (nSPS) is 15.3. The standard InChI is InChI=1S/C24H31N5O2S3/c1-4-6-16-11-15(12-32-16)22-27-28-24(29(22)9-5-2)33-13-19(30)26-23-20(21(25)31)17-8-7-14(3)10-18(17)34-23/h11-12,14H,4-10,13H2,1-3H3,(H2,25,31)(H,26,30). The molecule has 7 nitrogen and oxygen atoms in total. The van der Waals surface area contributed by atoms with Gasteiger partial charge >= 0.3 is 0 Å². The maximum Gasteiger partial charge on any atom is 0.251 e. The first-order chi connectivity index (χ1) is 16.4. The van der Waals surface area contributed by atoms with Crippen molar-refractivity contribution < 1.29 is 9.59 Å². The highest BCUT2D eigenvalue weighted by atomic mass is 32.2. The molecule has 0 aliphatic heterocycles. The van der Waals surface area contributed by atoms with E-state index >= 15 is 0 Å². The molecule has 3 aromatic heterocycles. The summed E-state index contributed by atoms with van der Waals surface area (Å²) in [7, 11) is 0. The van der Waals surface area contributed by atoms with E-state index in [2.05, 4.69) is 52.3 Å². The van der Waals surface area contributed by atoms with Crippen LogP contribution in [0.1, 0.15) is 65.7 Å². The number of hydrogen-bond donors (Lipinski definition) is 2. The largest absolute Gasteiger partial charge is 0.365 e. The van der Waals surface area contributed by atoms with Crippen LogP contribution < -0.4 is 11.1 Å². The topological polar surface area (TPSA) is 103 Å². The fourth-order valence-corrected chi connectivity index (χ4v) is 7.47. The summed E-state index contributed by atoms with van der Waals surface area (Å²) in [6, 6.07) is 2.19. The van der Waals surface area contributed by atoms with Crippen LogP contribution in [0.2, 0.25) is 0 Å². The van der Waals surface area contributed by atoms with Gasteiger partial charge < -0.3 is 15.6 Å². The van der Waals surface area contributed by atoms with Gasteiger partial charge in [-0.05, 0) is 49.7 Å². The first kappa shape index (κ1) is 24.9. The van der Waals surface area contributed by atoms with Gasteiger partial charge in [-0.2, -0.15) is 0 Å². The van der Waals surface area contributed by atoms with Crippen LogP contribution >= 0.6 is 34.4 Å². The third-order valence-corrected chi connectivity index (χ3v) is 9.05. The number of aromatic nitrogens is 3. The maximum absolute atomic E-state index is 12.8. The quantitative estimate of drug-likeness (QED) is 0.351. The van der Waals surface area contributed by atoms with Crippen molar-refractivity contribution in [2.24, 2.45) is 11.7 Å². The zero-order valence-corrected chi connectivity index (χ0v) is 22.3. The molecule has 0 bridgehead atoms. The molecule has 10 heteroatoms. The minimum absolute atomic E-state index is 0.174. The van der Waals surface area contributed by atoms with E-state index in [1.807, 2.05) is 0 Å². The number of thioether (sulfide) groups is 1. The van der Waals surface area contributed by atoms with Crippen LogP contribution in [-0.2, 0) is 30.6 Å². The van der Waals surface area contributed by atoms with Crippen LogP contribution in [0.3, 0.4) is 0 Å². The summed E-state index contributed by atoms with van der Waals surface area (Å²) in [5.74, 6) is 0.961. The van der Waals surface area contributed by atoms with E-state index < -0.39 is 5.91 Å². The van der Waals surface area contributed by atoms with Crippen LogP contribution in [-0.4, -0.2) is 32.3 Å². The van der Waals surface area contributed by atoms with Crippen molar-refractivity contribution >= 4 is 51.3 Å². The van der Waals surface area contributed by atoms with Gasteiger partial charge in [0, 0.05) is 27.2 Å². The molecule has 0 saturated carbocycles. The van der Waals surface area contributed by atoms with Crippen LogP contribution in [0.15, 0.2) is 16.6 Å². The summed E-state index contributed by atoms with van der Waals surface area (Å²) in [4.78, 5) is 27.5. The number of carbonyl (C=O) groups excluding carboxylic acids is 2. The fourth-order valence-electron chi connectivity index (χ4n) is 4.30. The lowest BCUT2D eigenvalue weighted by Gasteiger charge is -2.18. The van der Waals surface area contributed by atoms with E-state index in [-0.39, 0.29) is 11.7 Å². The molecular weight excluding hydrogens is 486 g/mol. The molecule has 1 unspecified atom stereocenters. The van der Waals surface area contributed by atoms with Gasteiger partial charge in [0.15, 0.2) is 11.0 Å². The van der Waals surface area contributed by atoms with Gasteiger partial charge in [-0.15, -0.1) is 32.9 Å². The summed E-state index contributed by atoms with van der Waals surface area (Å²) in [5.41, 5.74) is 8.27. The number of anilines is 1. The van der Waals surface area contributed by atoms with Crippen LogP contribution in [0.25, 0.3) is 11.4 Å². The third kappa shape index (κ3) is 5.39. The highest BCUT2D eigenvalue weighted by Crippen LogP contribution is 2.39. The molecule has 1 aliphatic carbocycles. The number of nitrogens with one attached hydrogen (secondary N) is 1. The van der Waals surface area contributed by atoms with Gasteiger partial charge in [0.25, 0.3) is 5.91 Å². The smallest absolute Gasteiger partial charge is 0.251 e. The summed E-state index contributed by atoms with van der Waals surface area (Å²) in [6.45, 7) is 7.29. The Morgan fingerprint density at radius 1 is 1.29 bits per heavy atom. The highest BCUT2D eigenvalue weighted by molar-refractivity contribution is 7.99. The summed E-state index contributed by atoms with van der Waals surface area (Å²) < 4.78 is 2.09. The van der Waals surface area contributed by atoms with Crippen molar-refractivity contribution in [2.45, 2.75) is 71.0 Å². The SMILES string of the molecule is CCCc1cc(-c2nnc(SCC(=O)Nc3sc4c(c3C(N)=O)CCC(C)C4)n2CCC)cs1. The average molecular weight is 518 g/mol. The van der Waals surface area contributed by atoms with Crippen LogP contribution in [0, 0.1) is 5.92 Å². The van der Waals surface area contributed by atoms with Crippen LogP contribution in [0.4, 0.5) is 5.00 Å². The van der Waals surface area contributed by atoms with Gasteiger partial charge in [0.2, 0.25) is 5.91 Å². The number of rotatable bonds is 10. The molecular formula is C24H31N5O2S3. The predicted octanol–water partition coefficient (Wildman–Crippen LogP) is 5.39. The number of aryl methyl sites for hydroxylation is 1. The van der Waals surface area contributed by atoms with Crippen molar-refractivity contribution in [2.75, 3.05) is 11.1 Å². The van der Waals surface area contributed by atoms with Gasteiger partial charge in [-0.3, -0.25) is 9.59 Å². The van der Waals surface area contributed by atoms with Gasteiger partial charge in [0.1, 0.15) is 5.00 Å². The maximum atomic E-state index is 12.8. The molecule has 3 heterocycles. The van der Waals surface area contributed by atoms with E-state index in [9.17, 15) is 9.59 Å². The van der Waals surface area contributed by atoms with E-state index in [4.69, 9.17) is 5.73 Å². The number of primary amides is 1. The molecule has 0 saturated heterocycles. The Balaban J connectivity index is 1.47. The minimum atomic E-state index is -0.472. The fraction of sp³-hybridized carbons (Fsp3) is 0.500. The zero-order valence-electron chi connectivity index (χ0n) is 19.8. The molecule has 0 spiro atoms. The third-order valence-electron chi connectivity index (χ3n) is 5.92. The lowest BCUT2D eigenvalue weighted by molar-refractivity contribution is -0.113. The number of amides is 2. The van der Waals surface area contributed by atoms with E-state index in [1.54, 1.807) is 11.3 Å². The summed E-state index contributed by atoms with van der Waals surface area (Å²) >= 11 is 4.61. The molecule has 1 aliphatic rings. The van der Waals surface area contributed by atoms with E-state index in [1.165, 1.54) is 32.9 Å².